The molecule has 0 spiro atoms. The Morgan fingerprint density at radius 1 is 1.11 bits per heavy atom. The molecule has 0 unspecified atom stereocenters. The van der Waals surface area contributed by atoms with Gasteiger partial charge in [-0.3, -0.25) is 9.59 Å². The average Bonchev–Trinajstić information content (AvgIpc) is 2.68. The zero-order valence-electron chi connectivity index (χ0n) is 14.5. The largest absolute Gasteiger partial charge is 0.497 e. The van der Waals surface area contributed by atoms with Crippen molar-refractivity contribution in [2.75, 3.05) is 7.11 Å². The number of hydrogen-bond acceptors (Lipinski definition) is 5. The Morgan fingerprint density at radius 3 is 2.41 bits per heavy atom. The molecule has 0 atom stereocenters. The molecule has 2 aromatic carbocycles. The van der Waals surface area contributed by atoms with Crippen LogP contribution in [-0.2, 0) is 17.9 Å². The number of hydrogen-bond donors (Lipinski definition) is 2. The molecule has 3 rings (SSSR count). The van der Waals surface area contributed by atoms with Crippen molar-refractivity contribution in [3.63, 3.8) is 0 Å². The van der Waals surface area contributed by atoms with Crippen LogP contribution in [0.3, 0.4) is 0 Å². The molecular weight excluding hydrogens is 350 g/mol. The Morgan fingerprint density at radius 2 is 1.78 bits per heavy atom. The number of carboxylic acid groups (broad SMARTS) is 1. The molecule has 138 valence electrons. The molecule has 0 saturated heterocycles. The number of fused-ring (bicyclic) bond motifs is 1. The summed E-state index contributed by atoms with van der Waals surface area (Å²) in [5, 5.41) is 16.3. The molecule has 2 N–H and O–H groups in total. The van der Waals surface area contributed by atoms with E-state index in [1.807, 2.05) is 12.1 Å². The predicted molar refractivity (Wildman–Crippen MR) is 97.8 cm³/mol. The second-order valence-electron chi connectivity index (χ2n) is 5.79. The van der Waals surface area contributed by atoms with Gasteiger partial charge in [-0.15, -0.1) is 0 Å². The molecule has 1 amide bonds. The number of amides is 1. The summed E-state index contributed by atoms with van der Waals surface area (Å²) in [5.74, 6) is -1.01. The summed E-state index contributed by atoms with van der Waals surface area (Å²) in [7, 11) is 1.57. The third-order valence-corrected chi connectivity index (χ3v) is 4.01. The molecule has 0 aliphatic rings. The summed E-state index contributed by atoms with van der Waals surface area (Å²) in [4.78, 5) is 36.1. The average molecular weight is 367 g/mol. The fourth-order valence-electron chi connectivity index (χ4n) is 2.64. The molecule has 1 heterocycles. The quantitative estimate of drug-likeness (QED) is 0.682. The Hall–Kier alpha value is -3.68. The van der Waals surface area contributed by atoms with Crippen molar-refractivity contribution in [1.29, 1.82) is 0 Å². The van der Waals surface area contributed by atoms with Gasteiger partial charge in [-0.2, -0.15) is 5.10 Å². The molecule has 8 nitrogen and oxygen atoms in total. The molecule has 3 aromatic rings. The van der Waals surface area contributed by atoms with Crippen molar-refractivity contribution in [3.8, 4) is 5.75 Å². The Labute approximate surface area is 154 Å². The summed E-state index contributed by atoms with van der Waals surface area (Å²) in [6, 6.07) is 13.4. The molecule has 0 aliphatic carbocycles. The molecule has 8 heteroatoms. The lowest BCUT2D eigenvalue weighted by molar-refractivity contribution is -0.122. The van der Waals surface area contributed by atoms with Crippen LogP contribution in [0.1, 0.15) is 16.1 Å². The second-order valence-corrected chi connectivity index (χ2v) is 5.79. The summed E-state index contributed by atoms with van der Waals surface area (Å²) in [6.07, 6.45) is 0. The van der Waals surface area contributed by atoms with Crippen molar-refractivity contribution in [2.45, 2.75) is 13.1 Å². The van der Waals surface area contributed by atoms with Gasteiger partial charge in [0, 0.05) is 11.9 Å². The first-order chi connectivity index (χ1) is 13.0. The van der Waals surface area contributed by atoms with Gasteiger partial charge in [0.2, 0.25) is 5.91 Å². The molecule has 0 aliphatic heterocycles. The number of aromatic nitrogens is 2. The van der Waals surface area contributed by atoms with Gasteiger partial charge in [0.1, 0.15) is 12.3 Å². The fourth-order valence-corrected chi connectivity index (χ4v) is 2.64. The Kier molecular flexibility index (Phi) is 5.16. The first-order valence-corrected chi connectivity index (χ1v) is 8.12. The van der Waals surface area contributed by atoms with Crippen LogP contribution in [0.5, 0.6) is 5.75 Å². The van der Waals surface area contributed by atoms with Crippen LogP contribution in [0, 0.1) is 0 Å². The van der Waals surface area contributed by atoms with Gasteiger partial charge in [-0.1, -0.05) is 30.3 Å². The van der Waals surface area contributed by atoms with E-state index in [0.717, 1.165) is 10.2 Å². The summed E-state index contributed by atoms with van der Waals surface area (Å²) < 4.78 is 5.94. The van der Waals surface area contributed by atoms with Crippen molar-refractivity contribution in [1.82, 2.24) is 15.1 Å². The Bertz CT molecular complexity index is 1060. The second kappa shape index (κ2) is 7.69. The lowest BCUT2D eigenvalue weighted by Crippen LogP contribution is -2.34. The topological polar surface area (TPSA) is 111 Å². The van der Waals surface area contributed by atoms with Crippen LogP contribution in [0.15, 0.2) is 53.3 Å². The molecule has 1 aromatic heterocycles. The highest BCUT2D eigenvalue weighted by Crippen LogP contribution is 2.13. The summed E-state index contributed by atoms with van der Waals surface area (Å²) >= 11 is 0. The number of methoxy groups -OCH3 is 1. The van der Waals surface area contributed by atoms with E-state index in [1.165, 1.54) is 12.1 Å². The van der Waals surface area contributed by atoms with Crippen LogP contribution in [0.2, 0.25) is 0 Å². The van der Waals surface area contributed by atoms with Crippen molar-refractivity contribution in [2.24, 2.45) is 0 Å². The standard InChI is InChI=1S/C19H17N3O5/c1-27-13-8-6-12(7-9-13)10-20-16(23)11-22-18(24)15-5-3-2-4-14(15)17(21-22)19(25)26/h2-9H,10-11H2,1H3,(H,20,23)(H,25,26). The number of rotatable bonds is 6. The molecule has 0 bridgehead atoms. The van der Waals surface area contributed by atoms with Gasteiger partial charge in [-0.25, -0.2) is 9.48 Å². The molecule has 0 saturated carbocycles. The van der Waals surface area contributed by atoms with Gasteiger partial charge >= 0.3 is 5.97 Å². The monoisotopic (exact) mass is 367 g/mol. The molecule has 0 fully saturated rings. The number of ether oxygens (including phenoxy) is 1. The van der Waals surface area contributed by atoms with E-state index in [0.29, 0.717) is 5.75 Å². The maximum absolute atomic E-state index is 12.5. The number of nitrogens with zero attached hydrogens (tertiary/aromatic N) is 2. The van der Waals surface area contributed by atoms with E-state index in [1.54, 1.807) is 31.4 Å². The van der Waals surface area contributed by atoms with E-state index in [-0.39, 0.29) is 29.6 Å². The van der Waals surface area contributed by atoms with Gasteiger partial charge < -0.3 is 15.2 Å². The van der Waals surface area contributed by atoms with Gasteiger partial charge in [-0.05, 0) is 23.8 Å². The highest BCUT2D eigenvalue weighted by Gasteiger charge is 2.16. The number of benzene rings is 2. The number of nitrogens with one attached hydrogen (secondary N) is 1. The van der Waals surface area contributed by atoms with Crippen LogP contribution in [0.25, 0.3) is 10.8 Å². The number of aromatic carboxylic acids is 1. The third-order valence-electron chi connectivity index (χ3n) is 4.01. The summed E-state index contributed by atoms with van der Waals surface area (Å²) in [5.41, 5.74) is 0.0672. The minimum absolute atomic E-state index is 0.202. The zero-order valence-corrected chi connectivity index (χ0v) is 14.5. The molecular formula is C19H17N3O5. The first-order valence-electron chi connectivity index (χ1n) is 8.12. The highest BCUT2D eigenvalue weighted by atomic mass is 16.5. The summed E-state index contributed by atoms with van der Waals surface area (Å²) in [6.45, 7) is -0.114. The lowest BCUT2D eigenvalue weighted by Gasteiger charge is -2.10. The van der Waals surface area contributed by atoms with Crippen LogP contribution >= 0.6 is 0 Å². The number of carboxylic acids is 1. The smallest absolute Gasteiger partial charge is 0.357 e. The predicted octanol–water partition coefficient (Wildman–Crippen LogP) is 1.42. The van der Waals surface area contributed by atoms with E-state index < -0.39 is 17.4 Å². The van der Waals surface area contributed by atoms with E-state index in [4.69, 9.17) is 4.74 Å². The fraction of sp³-hybridized carbons (Fsp3) is 0.158. The maximum Gasteiger partial charge on any atom is 0.357 e. The molecule has 27 heavy (non-hydrogen) atoms. The highest BCUT2D eigenvalue weighted by molar-refractivity contribution is 6.01. The van der Waals surface area contributed by atoms with Gasteiger partial charge in [0.25, 0.3) is 5.56 Å². The van der Waals surface area contributed by atoms with Crippen molar-refractivity contribution in [3.05, 3.63) is 70.1 Å². The van der Waals surface area contributed by atoms with E-state index in [9.17, 15) is 19.5 Å². The molecule has 0 radical (unpaired) electrons. The normalized spacial score (nSPS) is 10.6. The Balaban J connectivity index is 1.79. The van der Waals surface area contributed by atoms with E-state index >= 15 is 0 Å². The minimum atomic E-state index is -1.27. The van der Waals surface area contributed by atoms with Crippen LogP contribution in [0.4, 0.5) is 0 Å². The van der Waals surface area contributed by atoms with Crippen LogP contribution in [-0.4, -0.2) is 33.9 Å². The van der Waals surface area contributed by atoms with Crippen molar-refractivity contribution >= 4 is 22.6 Å². The third kappa shape index (κ3) is 3.95. The maximum atomic E-state index is 12.5. The zero-order chi connectivity index (χ0) is 19.4. The number of carbonyl (C=O) groups excluding carboxylic acids is 1. The van der Waals surface area contributed by atoms with E-state index in [2.05, 4.69) is 10.4 Å². The van der Waals surface area contributed by atoms with Gasteiger partial charge in [0.05, 0.1) is 12.5 Å². The van der Waals surface area contributed by atoms with Crippen molar-refractivity contribution < 1.29 is 19.4 Å². The van der Waals surface area contributed by atoms with Gasteiger partial charge in [0.15, 0.2) is 5.69 Å². The minimum Gasteiger partial charge on any atom is -0.497 e. The number of carbonyl (C=O) groups is 2. The SMILES string of the molecule is COc1ccc(CNC(=O)Cn2nc(C(=O)O)c3ccccc3c2=O)cc1. The lowest BCUT2D eigenvalue weighted by atomic mass is 10.1. The first kappa shape index (κ1) is 18.1. The van der Waals surface area contributed by atoms with Crippen LogP contribution < -0.4 is 15.6 Å².